The van der Waals surface area contributed by atoms with Crippen molar-refractivity contribution in [2.24, 2.45) is 23.2 Å². The van der Waals surface area contributed by atoms with E-state index in [1.54, 1.807) is 11.8 Å². The van der Waals surface area contributed by atoms with Gasteiger partial charge in [0, 0.05) is 26.7 Å². The van der Waals surface area contributed by atoms with E-state index in [1.807, 2.05) is 20.8 Å². The standard InChI is InChI=1S/C38H64N6O7S/c1-24(2)28-17-22-44(30(28)33(46)40-29(23-26-13-14-26)31(45)34(47)39-27-15-16-27)35(48)32(37(4)18-9-7-10-19-37)41-36(49)42-38(20-11-8-12-21-38)25(3)52(50,51)43(5)6/h24-30,32H,7-23H2,1-6H3,(H,39,47)(H,40,46)(H2,41,42,49)/t25-,28+,29-,30-,32+/m0/s1. The summed E-state index contributed by atoms with van der Waals surface area (Å²) in [6.07, 6.45) is 12.3. The number of amides is 5. The minimum Gasteiger partial charge on any atom is -0.347 e. The van der Waals surface area contributed by atoms with Crippen LogP contribution >= 0.6 is 0 Å². The Morgan fingerprint density at radius 3 is 1.96 bits per heavy atom. The summed E-state index contributed by atoms with van der Waals surface area (Å²) >= 11 is 0. The average molecular weight is 749 g/mol. The summed E-state index contributed by atoms with van der Waals surface area (Å²) in [4.78, 5) is 71.2. The second kappa shape index (κ2) is 16.3. The lowest BCUT2D eigenvalue weighted by Crippen LogP contribution is -2.66. The van der Waals surface area contributed by atoms with E-state index in [1.165, 1.54) is 18.4 Å². The number of hydrogen-bond donors (Lipinski definition) is 4. The van der Waals surface area contributed by atoms with Gasteiger partial charge in [-0.2, -0.15) is 0 Å². The van der Waals surface area contributed by atoms with Crippen LogP contribution in [-0.4, -0.2) is 103 Å². The SMILES string of the molecule is CC(C)[C@H]1CCN(C(=O)[C@@H](NC(=O)NC2([C@H](C)S(=O)(=O)N(C)C)CCCCC2)C2(C)CCCCC2)[C@@H]1C(=O)N[C@@H](CC1CC1)C(=O)C(=O)NC1CC1. The van der Waals surface area contributed by atoms with Crippen molar-refractivity contribution in [3.05, 3.63) is 0 Å². The average Bonchev–Trinajstić information content (AvgIpc) is 4.04. The van der Waals surface area contributed by atoms with Gasteiger partial charge in [-0.05, 0) is 81.5 Å². The molecule has 1 saturated heterocycles. The van der Waals surface area contributed by atoms with Gasteiger partial charge < -0.3 is 26.2 Å². The first-order valence-corrected chi connectivity index (χ1v) is 21.4. The molecule has 0 aromatic carbocycles. The van der Waals surface area contributed by atoms with Gasteiger partial charge in [0.15, 0.2) is 0 Å². The smallest absolute Gasteiger partial charge is 0.315 e. The molecule has 0 aromatic rings. The molecule has 1 aliphatic heterocycles. The van der Waals surface area contributed by atoms with Gasteiger partial charge >= 0.3 is 6.03 Å². The van der Waals surface area contributed by atoms with Crippen LogP contribution in [0.2, 0.25) is 0 Å². The van der Waals surface area contributed by atoms with Gasteiger partial charge in [-0.25, -0.2) is 17.5 Å². The fourth-order valence-electron chi connectivity index (χ4n) is 9.07. The third-order valence-corrected chi connectivity index (χ3v) is 15.3. The fourth-order valence-corrected chi connectivity index (χ4v) is 10.6. The first kappa shape index (κ1) is 40.4. The number of urea groups is 1. The predicted octanol–water partition coefficient (Wildman–Crippen LogP) is 3.61. The molecule has 0 radical (unpaired) electrons. The molecule has 5 aliphatic rings. The highest BCUT2D eigenvalue weighted by molar-refractivity contribution is 7.89. The summed E-state index contributed by atoms with van der Waals surface area (Å²) in [5.74, 6) is -1.96. The van der Waals surface area contributed by atoms with Crippen LogP contribution in [0.5, 0.6) is 0 Å². The van der Waals surface area contributed by atoms with Gasteiger partial charge in [-0.3, -0.25) is 19.2 Å². The molecule has 0 bridgehead atoms. The molecular weight excluding hydrogens is 685 g/mol. The molecule has 5 fully saturated rings. The Morgan fingerprint density at radius 2 is 1.42 bits per heavy atom. The molecule has 0 aromatic heterocycles. The van der Waals surface area contributed by atoms with Crippen molar-refractivity contribution in [2.75, 3.05) is 20.6 Å². The lowest BCUT2D eigenvalue weighted by Gasteiger charge is -2.45. The van der Waals surface area contributed by atoms with Gasteiger partial charge in [0.25, 0.3) is 5.91 Å². The summed E-state index contributed by atoms with van der Waals surface area (Å²) in [7, 11) is -0.706. The van der Waals surface area contributed by atoms with Gasteiger partial charge in [0.05, 0.1) is 16.8 Å². The molecule has 5 atom stereocenters. The van der Waals surface area contributed by atoms with Gasteiger partial charge in [-0.15, -0.1) is 0 Å². The second-order valence-corrected chi connectivity index (χ2v) is 19.9. The number of hydrogen-bond acceptors (Lipinski definition) is 7. The van der Waals surface area contributed by atoms with Gasteiger partial charge in [-0.1, -0.05) is 72.1 Å². The summed E-state index contributed by atoms with van der Waals surface area (Å²) in [6, 6.07) is -3.36. The zero-order chi connectivity index (χ0) is 38.0. The van der Waals surface area contributed by atoms with E-state index in [0.29, 0.717) is 45.1 Å². The molecule has 4 aliphatic carbocycles. The molecule has 1 heterocycles. The summed E-state index contributed by atoms with van der Waals surface area (Å²) in [5.41, 5.74) is -1.59. The van der Waals surface area contributed by atoms with E-state index in [0.717, 1.165) is 64.2 Å². The van der Waals surface area contributed by atoms with Crippen LogP contribution in [0.3, 0.4) is 0 Å². The van der Waals surface area contributed by atoms with Gasteiger partial charge in [0.1, 0.15) is 12.1 Å². The van der Waals surface area contributed by atoms with E-state index in [2.05, 4.69) is 21.3 Å². The third-order valence-electron chi connectivity index (χ3n) is 12.9. The highest BCUT2D eigenvalue weighted by atomic mass is 32.2. The Morgan fingerprint density at radius 1 is 0.827 bits per heavy atom. The maximum Gasteiger partial charge on any atom is 0.315 e. The van der Waals surface area contributed by atoms with Crippen LogP contribution in [0.1, 0.15) is 130 Å². The van der Waals surface area contributed by atoms with E-state index in [4.69, 9.17) is 0 Å². The second-order valence-electron chi connectivity index (χ2n) is 17.5. The van der Waals surface area contributed by atoms with Crippen molar-refractivity contribution >= 4 is 39.6 Å². The minimum absolute atomic E-state index is 0.0124. The third kappa shape index (κ3) is 9.13. The Balaban J connectivity index is 1.40. The molecule has 4 N–H and O–H groups in total. The number of rotatable bonds is 15. The van der Waals surface area contributed by atoms with Crippen LogP contribution in [0, 0.1) is 23.2 Å². The molecule has 4 saturated carbocycles. The Bertz CT molecular complexity index is 1450. The van der Waals surface area contributed by atoms with E-state index >= 15 is 0 Å². The van der Waals surface area contributed by atoms with Crippen molar-refractivity contribution in [1.29, 1.82) is 0 Å². The number of carbonyl (C=O) groups excluding carboxylic acids is 5. The van der Waals surface area contributed by atoms with Crippen LogP contribution in [-0.2, 0) is 29.2 Å². The lowest BCUT2D eigenvalue weighted by atomic mass is 9.70. The molecule has 5 rings (SSSR count). The first-order valence-electron chi connectivity index (χ1n) is 19.9. The summed E-state index contributed by atoms with van der Waals surface area (Å²) < 4.78 is 28.0. The van der Waals surface area contributed by atoms with Crippen molar-refractivity contribution in [3.63, 3.8) is 0 Å². The molecule has 294 valence electrons. The maximum atomic E-state index is 14.9. The van der Waals surface area contributed by atoms with Crippen LogP contribution < -0.4 is 21.3 Å². The summed E-state index contributed by atoms with van der Waals surface area (Å²) in [5, 5.41) is 11.0. The zero-order valence-electron chi connectivity index (χ0n) is 32.3. The highest BCUT2D eigenvalue weighted by Gasteiger charge is 2.51. The Labute approximate surface area is 311 Å². The Hall–Kier alpha value is -2.74. The first-order chi connectivity index (χ1) is 24.5. The highest BCUT2D eigenvalue weighted by Crippen LogP contribution is 2.42. The molecular formula is C38H64N6O7S. The molecule has 52 heavy (non-hydrogen) atoms. The normalized spacial score (nSPS) is 26.3. The van der Waals surface area contributed by atoms with Crippen molar-refractivity contribution in [3.8, 4) is 0 Å². The van der Waals surface area contributed by atoms with E-state index < -0.39 is 68.0 Å². The van der Waals surface area contributed by atoms with Gasteiger partial charge in [0.2, 0.25) is 27.6 Å². The fraction of sp³-hybridized carbons (Fsp3) is 0.868. The predicted molar refractivity (Wildman–Crippen MR) is 198 cm³/mol. The van der Waals surface area contributed by atoms with Crippen molar-refractivity contribution in [2.45, 2.75) is 165 Å². The maximum absolute atomic E-state index is 14.9. The number of Topliss-reactive ketones (excluding diaryl/α,β-unsaturated/α-hetero) is 1. The summed E-state index contributed by atoms with van der Waals surface area (Å²) in [6.45, 7) is 8.04. The van der Waals surface area contributed by atoms with Crippen LogP contribution in [0.15, 0.2) is 0 Å². The minimum atomic E-state index is -3.71. The molecule has 13 nitrogen and oxygen atoms in total. The lowest BCUT2D eigenvalue weighted by molar-refractivity contribution is -0.145. The number of carbonyl (C=O) groups is 5. The molecule has 0 spiro atoms. The Kier molecular flexibility index (Phi) is 12.7. The van der Waals surface area contributed by atoms with Crippen molar-refractivity contribution in [1.82, 2.24) is 30.5 Å². The van der Waals surface area contributed by atoms with Crippen LogP contribution in [0.4, 0.5) is 4.79 Å². The number of nitrogens with zero attached hydrogens (tertiary/aromatic N) is 2. The number of sulfonamides is 1. The van der Waals surface area contributed by atoms with E-state index in [-0.39, 0.29) is 29.7 Å². The number of nitrogens with one attached hydrogen (secondary N) is 4. The quantitative estimate of drug-likeness (QED) is 0.185. The molecule has 5 amide bonds. The zero-order valence-corrected chi connectivity index (χ0v) is 33.1. The molecule has 14 heteroatoms. The topological polar surface area (TPSA) is 174 Å². The van der Waals surface area contributed by atoms with Crippen molar-refractivity contribution < 1.29 is 32.4 Å². The number of likely N-dealkylation sites (tertiary alicyclic amines) is 1. The van der Waals surface area contributed by atoms with E-state index in [9.17, 15) is 32.4 Å². The van der Waals surface area contributed by atoms with Crippen LogP contribution in [0.25, 0.3) is 0 Å². The monoisotopic (exact) mass is 748 g/mol. The molecule has 0 unspecified atom stereocenters. The largest absolute Gasteiger partial charge is 0.347 e. The number of ketones is 1.